The van der Waals surface area contributed by atoms with E-state index in [1.54, 1.807) is 6.08 Å². The van der Waals surface area contributed by atoms with Gasteiger partial charge in [0.05, 0.1) is 31.3 Å². The monoisotopic (exact) mass is 624 g/mol. The molecule has 0 heterocycles. The Balaban J connectivity index is 3.70. The van der Waals surface area contributed by atoms with Crippen LogP contribution in [-0.2, 0) is 4.79 Å². The molecule has 4 N–H and O–H groups in total. The molecule has 0 radical (unpaired) electrons. The molecule has 0 spiro atoms. The van der Waals surface area contributed by atoms with E-state index in [4.69, 9.17) is 0 Å². The van der Waals surface area contributed by atoms with Gasteiger partial charge in [0.2, 0.25) is 5.91 Å². The van der Waals surface area contributed by atoms with E-state index in [2.05, 4.69) is 19.2 Å². The zero-order valence-corrected chi connectivity index (χ0v) is 29.6. The molecule has 0 saturated heterocycles. The largest absolute Gasteiger partial charge is 0.394 e. The first-order valence-electron chi connectivity index (χ1n) is 19.5. The van der Waals surface area contributed by atoms with Crippen molar-refractivity contribution in [3.8, 4) is 0 Å². The molecule has 0 saturated carbocycles. The van der Waals surface area contributed by atoms with E-state index in [1.165, 1.54) is 154 Å². The molecular weight excluding hydrogens is 546 g/mol. The summed E-state index contributed by atoms with van der Waals surface area (Å²) in [5, 5.41) is 33.1. The third-order valence-corrected chi connectivity index (χ3v) is 9.07. The lowest BCUT2D eigenvalue weighted by Crippen LogP contribution is -2.45. The number of hydrogen-bond acceptors (Lipinski definition) is 4. The van der Waals surface area contributed by atoms with Gasteiger partial charge in [-0.3, -0.25) is 4.79 Å². The summed E-state index contributed by atoms with van der Waals surface area (Å²) in [4.78, 5) is 12.4. The van der Waals surface area contributed by atoms with Gasteiger partial charge in [0.1, 0.15) is 0 Å². The number of carbonyl (C=O) groups excluding carboxylic acids is 1. The third-order valence-electron chi connectivity index (χ3n) is 9.07. The minimum Gasteiger partial charge on any atom is -0.394 e. The fourth-order valence-corrected chi connectivity index (χ4v) is 6.05. The maximum absolute atomic E-state index is 12.4. The van der Waals surface area contributed by atoms with E-state index in [9.17, 15) is 20.1 Å². The fraction of sp³-hybridized carbons (Fsp3) is 0.923. The Bertz CT molecular complexity index is 611. The van der Waals surface area contributed by atoms with E-state index in [1.807, 2.05) is 6.08 Å². The Morgan fingerprint density at radius 1 is 0.568 bits per heavy atom. The molecule has 0 aliphatic rings. The molecule has 5 heteroatoms. The lowest BCUT2D eigenvalue weighted by molar-refractivity contribution is -0.124. The zero-order chi connectivity index (χ0) is 32.4. The molecule has 0 aliphatic carbocycles. The van der Waals surface area contributed by atoms with E-state index in [0.29, 0.717) is 6.42 Å². The first kappa shape index (κ1) is 43.1. The highest BCUT2D eigenvalue weighted by molar-refractivity contribution is 5.76. The molecule has 0 fully saturated rings. The van der Waals surface area contributed by atoms with Gasteiger partial charge in [-0.15, -0.1) is 0 Å². The molecule has 0 aromatic rings. The summed E-state index contributed by atoms with van der Waals surface area (Å²) in [6.07, 6.45) is 39.1. The number of rotatable bonds is 35. The standard InChI is InChI=1S/C39H77NO4/c1-3-5-7-9-11-13-15-17-18-19-21-23-25-27-29-31-33-38(43)37(35-41)40-39(44)34-36(42)32-30-28-26-24-22-20-16-14-12-10-8-6-4-2/h31,33,36-38,41-43H,3-30,32,34-35H2,1-2H3,(H,40,44)/b33-31+. The van der Waals surface area contributed by atoms with Crippen molar-refractivity contribution in [1.29, 1.82) is 0 Å². The maximum Gasteiger partial charge on any atom is 0.222 e. The second-order valence-electron chi connectivity index (χ2n) is 13.5. The van der Waals surface area contributed by atoms with Gasteiger partial charge in [-0.05, 0) is 19.3 Å². The normalized spacial score (nSPS) is 13.8. The molecular formula is C39H77NO4. The van der Waals surface area contributed by atoms with Crippen LogP contribution >= 0.6 is 0 Å². The highest BCUT2D eigenvalue weighted by atomic mass is 16.3. The summed E-state index contributed by atoms with van der Waals surface area (Å²) in [6.45, 7) is 4.21. The lowest BCUT2D eigenvalue weighted by Gasteiger charge is -2.21. The minimum atomic E-state index is -0.922. The second kappa shape index (κ2) is 35.0. The third kappa shape index (κ3) is 31.1. The predicted molar refractivity (Wildman–Crippen MR) is 190 cm³/mol. The smallest absolute Gasteiger partial charge is 0.222 e. The Labute approximate surface area is 274 Å². The van der Waals surface area contributed by atoms with Crippen molar-refractivity contribution in [3.63, 3.8) is 0 Å². The van der Waals surface area contributed by atoms with Gasteiger partial charge in [0.15, 0.2) is 0 Å². The van der Waals surface area contributed by atoms with Crippen molar-refractivity contribution in [2.45, 2.75) is 225 Å². The number of aliphatic hydroxyl groups excluding tert-OH is 3. The van der Waals surface area contributed by atoms with Crippen molar-refractivity contribution in [3.05, 3.63) is 12.2 Å². The van der Waals surface area contributed by atoms with Crippen molar-refractivity contribution in [2.24, 2.45) is 0 Å². The van der Waals surface area contributed by atoms with Crippen LogP contribution in [0.15, 0.2) is 12.2 Å². The molecule has 0 bridgehead atoms. The van der Waals surface area contributed by atoms with Crippen LogP contribution in [0.5, 0.6) is 0 Å². The van der Waals surface area contributed by atoms with E-state index < -0.39 is 18.2 Å². The summed E-state index contributed by atoms with van der Waals surface area (Å²) in [7, 11) is 0. The molecule has 262 valence electrons. The topological polar surface area (TPSA) is 89.8 Å². The number of carbonyl (C=O) groups is 1. The van der Waals surface area contributed by atoms with Crippen molar-refractivity contribution in [2.75, 3.05) is 6.61 Å². The quantitative estimate of drug-likeness (QED) is 0.0418. The molecule has 0 rings (SSSR count). The molecule has 3 unspecified atom stereocenters. The van der Waals surface area contributed by atoms with Gasteiger partial charge in [-0.1, -0.05) is 193 Å². The summed E-state index contributed by atoms with van der Waals surface area (Å²) in [5.74, 6) is -0.314. The Morgan fingerprint density at radius 2 is 0.932 bits per heavy atom. The molecule has 1 amide bonds. The number of nitrogens with one attached hydrogen (secondary N) is 1. The Morgan fingerprint density at radius 3 is 1.32 bits per heavy atom. The molecule has 5 nitrogen and oxygen atoms in total. The van der Waals surface area contributed by atoms with Gasteiger partial charge in [0, 0.05) is 0 Å². The van der Waals surface area contributed by atoms with Crippen LogP contribution in [-0.4, -0.2) is 46.1 Å². The fourth-order valence-electron chi connectivity index (χ4n) is 6.05. The summed E-state index contributed by atoms with van der Waals surface area (Å²) < 4.78 is 0. The first-order valence-corrected chi connectivity index (χ1v) is 19.5. The van der Waals surface area contributed by atoms with Crippen LogP contribution in [0.1, 0.15) is 206 Å². The van der Waals surface area contributed by atoms with Gasteiger partial charge in [-0.25, -0.2) is 0 Å². The molecule has 0 aromatic heterocycles. The second-order valence-corrected chi connectivity index (χ2v) is 13.5. The van der Waals surface area contributed by atoms with Crippen molar-refractivity contribution >= 4 is 5.91 Å². The summed E-state index contributed by atoms with van der Waals surface area (Å²) in [5.41, 5.74) is 0. The van der Waals surface area contributed by atoms with Crippen molar-refractivity contribution < 1.29 is 20.1 Å². The number of unbranched alkanes of at least 4 members (excludes halogenated alkanes) is 26. The van der Waals surface area contributed by atoms with Gasteiger partial charge in [0.25, 0.3) is 0 Å². The van der Waals surface area contributed by atoms with E-state index >= 15 is 0 Å². The minimum absolute atomic E-state index is 0.0181. The molecule has 0 aromatic carbocycles. The Hall–Kier alpha value is -0.910. The highest BCUT2D eigenvalue weighted by Gasteiger charge is 2.20. The zero-order valence-electron chi connectivity index (χ0n) is 29.6. The SMILES string of the molecule is CCCCCCCCCCCCCCCC/C=C/C(O)C(CO)NC(=O)CC(O)CCCCCCCCCCCCCCC. The van der Waals surface area contributed by atoms with Crippen LogP contribution in [0, 0.1) is 0 Å². The van der Waals surface area contributed by atoms with Gasteiger partial charge in [-0.2, -0.15) is 0 Å². The van der Waals surface area contributed by atoms with Crippen LogP contribution in [0.3, 0.4) is 0 Å². The highest BCUT2D eigenvalue weighted by Crippen LogP contribution is 2.15. The summed E-state index contributed by atoms with van der Waals surface area (Å²) >= 11 is 0. The molecule has 3 atom stereocenters. The van der Waals surface area contributed by atoms with E-state index in [-0.39, 0.29) is 18.9 Å². The molecule has 44 heavy (non-hydrogen) atoms. The molecule has 0 aliphatic heterocycles. The van der Waals surface area contributed by atoms with Crippen LogP contribution in [0.4, 0.5) is 0 Å². The average Bonchev–Trinajstić information content (AvgIpc) is 3.01. The lowest BCUT2D eigenvalue weighted by atomic mass is 10.0. The average molecular weight is 624 g/mol. The maximum atomic E-state index is 12.4. The predicted octanol–water partition coefficient (Wildman–Crippen LogP) is 10.5. The Kier molecular flexibility index (Phi) is 34.2. The van der Waals surface area contributed by atoms with Crippen LogP contribution in [0.25, 0.3) is 0 Å². The van der Waals surface area contributed by atoms with Gasteiger partial charge >= 0.3 is 0 Å². The summed E-state index contributed by atoms with van der Waals surface area (Å²) in [6, 6.07) is -0.737. The number of amides is 1. The number of allylic oxidation sites excluding steroid dienone is 1. The van der Waals surface area contributed by atoms with E-state index in [0.717, 1.165) is 25.7 Å². The number of hydrogen-bond donors (Lipinski definition) is 4. The van der Waals surface area contributed by atoms with Crippen LogP contribution < -0.4 is 5.32 Å². The number of aliphatic hydroxyl groups is 3. The van der Waals surface area contributed by atoms with Crippen LogP contribution in [0.2, 0.25) is 0 Å². The first-order chi connectivity index (χ1) is 21.5. The van der Waals surface area contributed by atoms with Gasteiger partial charge < -0.3 is 20.6 Å². The van der Waals surface area contributed by atoms with Crippen molar-refractivity contribution in [1.82, 2.24) is 5.32 Å².